The summed E-state index contributed by atoms with van der Waals surface area (Å²) in [6.45, 7) is 12.1. The number of nitrogens with one attached hydrogen (secondary N) is 1. The summed E-state index contributed by atoms with van der Waals surface area (Å²) in [6.07, 6.45) is 1.49. The van der Waals surface area contributed by atoms with Crippen LogP contribution in [0.4, 0.5) is 4.79 Å². The van der Waals surface area contributed by atoms with Crippen molar-refractivity contribution in [3.8, 4) is 0 Å². The van der Waals surface area contributed by atoms with E-state index < -0.39 is 5.60 Å². The summed E-state index contributed by atoms with van der Waals surface area (Å²) in [6, 6.07) is -0.118. The van der Waals surface area contributed by atoms with E-state index in [1.165, 1.54) is 11.0 Å². The van der Waals surface area contributed by atoms with Crippen molar-refractivity contribution < 1.29 is 19.1 Å². The van der Waals surface area contributed by atoms with Crippen LogP contribution in [0.15, 0.2) is 12.7 Å². The molecule has 1 fully saturated rings. The Kier molecular flexibility index (Phi) is 6.60. The fraction of sp³-hybridized carbons (Fsp3) is 0.688. The van der Waals surface area contributed by atoms with Gasteiger partial charge in [-0.15, -0.1) is 0 Å². The van der Waals surface area contributed by atoms with Gasteiger partial charge in [-0.1, -0.05) is 6.58 Å². The zero-order chi connectivity index (χ0) is 17.6. The first-order valence-corrected chi connectivity index (χ1v) is 7.85. The maximum Gasteiger partial charge on any atom is 0.410 e. The molecule has 1 atom stereocenters. The molecule has 1 heterocycles. The molecule has 0 spiro atoms. The second kappa shape index (κ2) is 7.99. The van der Waals surface area contributed by atoms with Gasteiger partial charge >= 0.3 is 6.09 Å². The van der Waals surface area contributed by atoms with E-state index in [4.69, 9.17) is 4.74 Å². The number of amides is 3. The summed E-state index contributed by atoms with van der Waals surface area (Å²) in [7, 11) is 0. The molecule has 0 saturated carbocycles. The lowest BCUT2D eigenvalue weighted by atomic mass is 10.2. The van der Waals surface area contributed by atoms with Crippen molar-refractivity contribution >= 4 is 17.9 Å². The van der Waals surface area contributed by atoms with Crippen LogP contribution in [0, 0.1) is 0 Å². The summed E-state index contributed by atoms with van der Waals surface area (Å²) in [5, 5.41) is 2.85. The van der Waals surface area contributed by atoms with Crippen molar-refractivity contribution in [1.82, 2.24) is 15.1 Å². The lowest BCUT2D eigenvalue weighted by Gasteiger charge is -2.24. The van der Waals surface area contributed by atoms with Crippen molar-refractivity contribution in [1.29, 1.82) is 0 Å². The van der Waals surface area contributed by atoms with Gasteiger partial charge < -0.3 is 19.9 Å². The van der Waals surface area contributed by atoms with E-state index >= 15 is 0 Å². The summed E-state index contributed by atoms with van der Waals surface area (Å²) < 4.78 is 5.31. The molecule has 0 bridgehead atoms. The highest BCUT2D eigenvalue weighted by Crippen LogP contribution is 2.15. The van der Waals surface area contributed by atoms with Gasteiger partial charge in [0.05, 0.1) is 6.54 Å². The molecule has 1 unspecified atom stereocenters. The molecule has 130 valence electrons. The van der Waals surface area contributed by atoms with Gasteiger partial charge in [0.1, 0.15) is 5.60 Å². The molecular weight excluding hydrogens is 298 g/mol. The van der Waals surface area contributed by atoms with Crippen LogP contribution in [0.1, 0.15) is 34.1 Å². The molecule has 1 rings (SSSR count). The minimum absolute atomic E-state index is 0.00963. The highest BCUT2D eigenvalue weighted by Gasteiger charge is 2.30. The van der Waals surface area contributed by atoms with E-state index in [2.05, 4.69) is 11.9 Å². The lowest BCUT2D eigenvalue weighted by molar-refractivity contribution is -0.132. The molecule has 0 radical (unpaired) electrons. The van der Waals surface area contributed by atoms with Gasteiger partial charge in [0.25, 0.3) is 0 Å². The minimum Gasteiger partial charge on any atom is -0.444 e. The number of hydrogen-bond donors (Lipinski definition) is 1. The molecule has 3 amide bonds. The molecule has 1 aliphatic rings. The summed E-state index contributed by atoms with van der Waals surface area (Å²) in [5.74, 6) is -0.512. The van der Waals surface area contributed by atoms with E-state index in [1.807, 2.05) is 20.8 Å². The quantitative estimate of drug-likeness (QED) is 0.769. The van der Waals surface area contributed by atoms with E-state index in [0.29, 0.717) is 26.1 Å². The number of carbonyl (C=O) groups is 3. The van der Waals surface area contributed by atoms with Crippen molar-refractivity contribution in [3.05, 3.63) is 12.7 Å². The average molecular weight is 325 g/mol. The number of likely N-dealkylation sites (tertiary alicyclic amines) is 1. The topological polar surface area (TPSA) is 79.0 Å². The van der Waals surface area contributed by atoms with E-state index in [1.54, 1.807) is 11.8 Å². The molecule has 1 saturated heterocycles. The zero-order valence-corrected chi connectivity index (χ0v) is 14.4. The Balaban J connectivity index is 2.45. The third kappa shape index (κ3) is 6.30. The summed E-state index contributed by atoms with van der Waals surface area (Å²) >= 11 is 0. The number of rotatable bonds is 5. The van der Waals surface area contributed by atoms with Crippen molar-refractivity contribution in [2.45, 2.75) is 45.8 Å². The molecule has 23 heavy (non-hydrogen) atoms. The van der Waals surface area contributed by atoms with Crippen LogP contribution < -0.4 is 5.32 Å². The molecule has 0 aromatic carbocycles. The van der Waals surface area contributed by atoms with Gasteiger partial charge in [-0.2, -0.15) is 0 Å². The first kappa shape index (κ1) is 19.0. The number of likely N-dealkylation sites (N-methyl/N-ethyl adjacent to an activating group) is 1. The van der Waals surface area contributed by atoms with E-state index in [-0.39, 0.29) is 30.5 Å². The van der Waals surface area contributed by atoms with Gasteiger partial charge in [-0.05, 0) is 40.2 Å². The van der Waals surface area contributed by atoms with Crippen molar-refractivity contribution in [2.24, 2.45) is 0 Å². The predicted octanol–water partition coefficient (Wildman–Crippen LogP) is 1.15. The van der Waals surface area contributed by atoms with Crippen molar-refractivity contribution in [2.75, 3.05) is 26.2 Å². The van der Waals surface area contributed by atoms with Crippen LogP contribution in [0.5, 0.6) is 0 Å². The van der Waals surface area contributed by atoms with Gasteiger partial charge in [0.15, 0.2) is 0 Å². The Bertz CT molecular complexity index is 470. The normalized spacial score (nSPS) is 17.6. The molecular formula is C16H27N3O4. The van der Waals surface area contributed by atoms with Gasteiger partial charge in [-0.25, -0.2) is 4.79 Å². The standard InChI is InChI=1S/C16H27N3O4/c1-6-14(21)18(7-2)11-13(20)17-12-8-9-19(10-12)15(22)23-16(3,4)5/h6,12H,1,7-11H2,2-5H3,(H,17,20). The predicted molar refractivity (Wildman–Crippen MR) is 86.8 cm³/mol. The maximum atomic E-state index is 12.0. The van der Waals surface area contributed by atoms with Gasteiger partial charge in [-0.3, -0.25) is 9.59 Å². The second-order valence-corrected chi connectivity index (χ2v) is 6.54. The first-order valence-electron chi connectivity index (χ1n) is 7.85. The Hall–Kier alpha value is -2.05. The fourth-order valence-corrected chi connectivity index (χ4v) is 2.29. The Morgan fingerprint density at radius 2 is 2.04 bits per heavy atom. The molecule has 7 heteroatoms. The maximum absolute atomic E-state index is 12.0. The lowest BCUT2D eigenvalue weighted by Crippen LogP contribution is -2.45. The third-order valence-electron chi connectivity index (χ3n) is 3.41. The van der Waals surface area contributed by atoms with E-state index in [9.17, 15) is 14.4 Å². The minimum atomic E-state index is -0.537. The first-order chi connectivity index (χ1) is 10.7. The number of ether oxygens (including phenoxy) is 1. The third-order valence-corrected chi connectivity index (χ3v) is 3.41. The van der Waals surface area contributed by atoms with Crippen LogP contribution in [0.3, 0.4) is 0 Å². The van der Waals surface area contributed by atoms with Gasteiger partial charge in [0, 0.05) is 25.7 Å². The molecule has 0 aromatic rings. The van der Waals surface area contributed by atoms with Crippen LogP contribution in [-0.4, -0.2) is 65.5 Å². The average Bonchev–Trinajstić information content (AvgIpc) is 2.90. The number of nitrogens with zero attached hydrogens (tertiary/aromatic N) is 2. The van der Waals surface area contributed by atoms with Crippen molar-refractivity contribution in [3.63, 3.8) is 0 Å². The van der Waals surface area contributed by atoms with Crippen LogP contribution in [-0.2, 0) is 14.3 Å². The molecule has 0 aromatic heterocycles. The summed E-state index contributed by atoms with van der Waals surface area (Å²) in [4.78, 5) is 38.5. The molecule has 1 aliphatic heterocycles. The number of carbonyl (C=O) groups excluding carboxylic acids is 3. The SMILES string of the molecule is C=CC(=O)N(CC)CC(=O)NC1CCN(C(=O)OC(C)(C)C)C1. The Labute approximate surface area is 137 Å². The highest BCUT2D eigenvalue weighted by atomic mass is 16.6. The van der Waals surface area contributed by atoms with Crippen LogP contribution in [0.2, 0.25) is 0 Å². The summed E-state index contributed by atoms with van der Waals surface area (Å²) in [5.41, 5.74) is -0.537. The Morgan fingerprint density at radius 3 is 2.57 bits per heavy atom. The number of hydrogen-bond acceptors (Lipinski definition) is 4. The fourth-order valence-electron chi connectivity index (χ4n) is 2.29. The Morgan fingerprint density at radius 1 is 1.39 bits per heavy atom. The molecule has 1 N–H and O–H groups in total. The van der Waals surface area contributed by atoms with Gasteiger partial charge in [0.2, 0.25) is 11.8 Å². The zero-order valence-electron chi connectivity index (χ0n) is 14.4. The van der Waals surface area contributed by atoms with E-state index in [0.717, 1.165) is 0 Å². The molecule has 0 aliphatic carbocycles. The van der Waals surface area contributed by atoms with Crippen LogP contribution >= 0.6 is 0 Å². The molecule has 7 nitrogen and oxygen atoms in total. The largest absolute Gasteiger partial charge is 0.444 e. The monoisotopic (exact) mass is 325 g/mol. The second-order valence-electron chi connectivity index (χ2n) is 6.54. The highest BCUT2D eigenvalue weighted by molar-refractivity contribution is 5.90. The smallest absolute Gasteiger partial charge is 0.410 e. The van der Waals surface area contributed by atoms with Crippen LogP contribution in [0.25, 0.3) is 0 Å².